The monoisotopic (exact) mass is 374 g/mol. The van der Waals surface area contributed by atoms with Gasteiger partial charge in [-0.25, -0.2) is 0 Å². The lowest BCUT2D eigenvalue weighted by Crippen LogP contribution is -2.60. The molecule has 6 nitrogen and oxygen atoms in total. The van der Waals surface area contributed by atoms with Gasteiger partial charge in [-0.15, -0.1) is 0 Å². The number of methoxy groups -OCH3 is 1. The first-order valence-electron chi connectivity index (χ1n) is 9.00. The van der Waals surface area contributed by atoms with Gasteiger partial charge in [0, 0.05) is 7.11 Å². The third kappa shape index (κ3) is 5.35. The first-order chi connectivity index (χ1) is 13.2. The van der Waals surface area contributed by atoms with Gasteiger partial charge in [-0.05, 0) is 11.1 Å². The van der Waals surface area contributed by atoms with Crippen molar-refractivity contribution in [2.45, 2.75) is 43.9 Å². The highest BCUT2D eigenvalue weighted by molar-refractivity contribution is 5.14. The summed E-state index contributed by atoms with van der Waals surface area (Å²) in [4.78, 5) is 0. The largest absolute Gasteiger partial charge is 0.385 e. The minimum absolute atomic E-state index is 0.211. The van der Waals surface area contributed by atoms with E-state index < -0.39 is 30.7 Å². The van der Waals surface area contributed by atoms with Crippen molar-refractivity contribution in [2.75, 3.05) is 13.7 Å². The Morgan fingerprint density at radius 3 is 2.04 bits per heavy atom. The summed E-state index contributed by atoms with van der Waals surface area (Å²) in [5, 5.41) is 20.4. The lowest BCUT2D eigenvalue weighted by Gasteiger charge is -2.42. The number of ether oxygens (including phenoxy) is 4. The highest BCUT2D eigenvalue weighted by atomic mass is 16.7. The molecule has 1 aliphatic rings. The predicted molar refractivity (Wildman–Crippen MR) is 98.8 cm³/mol. The van der Waals surface area contributed by atoms with Crippen LogP contribution in [0.15, 0.2) is 60.7 Å². The van der Waals surface area contributed by atoms with Crippen LogP contribution in [0.25, 0.3) is 0 Å². The standard InChI is InChI=1S/C21H26O6/c1-24-19-17(14-25-12-15-8-4-2-5-9-15)27-21(23)18(22)20(19)26-13-16-10-6-3-7-11-16/h2-11,17-23H,12-14H2,1H3/t17-,18-,19-,20-,21+/m1/s1. The Bertz CT molecular complexity index is 665. The predicted octanol–water partition coefficient (Wildman–Crippen LogP) is 1.88. The van der Waals surface area contributed by atoms with Gasteiger partial charge >= 0.3 is 0 Å². The average Bonchev–Trinajstić information content (AvgIpc) is 2.71. The van der Waals surface area contributed by atoms with Gasteiger partial charge in [-0.2, -0.15) is 0 Å². The Morgan fingerprint density at radius 2 is 1.44 bits per heavy atom. The first-order valence-corrected chi connectivity index (χ1v) is 9.00. The lowest BCUT2D eigenvalue weighted by atomic mass is 9.98. The molecule has 146 valence electrons. The van der Waals surface area contributed by atoms with Gasteiger partial charge in [-0.1, -0.05) is 60.7 Å². The molecule has 1 saturated heterocycles. The molecule has 0 bridgehead atoms. The van der Waals surface area contributed by atoms with Crippen LogP contribution in [-0.4, -0.2) is 54.6 Å². The summed E-state index contributed by atoms with van der Waals surface area (Å²) < 4.78 is 22.6. The van der Waals surface area contributed by atoms with Crippen molar-refractivity contribution in [1.82, 2.24) is 0 Å². The van der Waals surface area contributed by atoms with E-state index in [4.69, 9.17) is 18.9 Å². The molecule has 1 aliphatic heterocycles. The second-order valence-electron chi connectivity index (χ2n) is 6.52. The number of hydrogen-bond donors (Lipinski definition) is 2. The summed E-state index contributed by atoms with van der Waals surface area (Å²) >= 11 is 0. The minimum atomic E-state index is -1.36. The van der Waals surface area contributed by atoms with Crippen molar-refractivity contribution >= 4 is 0 Å². The van der Waals surface area contributed by atoms with Gasteiger partial charge in [0.25, 0.3) is 0 Å². The van der Waals surface area contributed by atoms with Crippen LogP contribution in [0, 0.1) is 0 Å². The van der Waals surface area contributed by atoms with Crippen LogP contribution < -0.4 is 0 Å². The highest BCUT2D eigenvalue weighted by Gasteiger charge is 2.45. The Morgan fingerprint density at radius 1 is 0.852 bits per heavy atom. The summed E-state index contributed by atoms with van der Waals surface area (Å²) in [5.74, 6) is 0. The zero-order valence-corrected chi connectivity index (χ0v) is 15.3. The molecule has 0 amide bonds. The van der Waals surface area contributed by atoms with Crippen molar-refractivity contribution in [3.05, 3.63) is 71.8 Å². The van der Waals surface area contributed by atoms with E-state index in [0.29, 0.717) is 13.2 Å². The number of aliphatic hydroxyl groups is 2. The fourth-order valence-corrected chi connectivity index (χ4v) is 3.15. The van der Waals surface area contributed by atoms with Crippen LogP contribution in [0.2, 0.25) is 0 Å². The molecule has 0 spiro atoms. The van der Waals surface area contributed by atoms with E-state index in [2.05, 4.69) is 0 Å². The Balaban J connectivity index is 1.60. The molecule has 1 heterocycles. The molecule has 1 fully saturated rings. The van der Waals surface area contributed by atoms with Crippen LogP contribution in [0.4, 0.5) is 0 Å². The molecule has 2 N–H and O–H groups in total. The van der Waals surface area contributed by atoms with E-state index in [1.165, 1.54) is 7.11 Å². The number of aliphatic hydroxyl groups excluding tert-OH is 2. The van der Waals surface area contributed by atoms with Crippen LogP contribution in [-0.2, 0) is 32.2 Å². The minimum Gasteiger partial charge on any atom is -0.385 e. The van der Waals surface area contributed by atoms with E-state index >= 15 is 0 Å². The molecule has 2 aromatic rings. The van der Waals surface area contributed by atoms with E-state index in [-0.39, 0.29) is 6.61 Å². The van der Waals surface area contributed by atoms with Gasteiger partial charge in [0.1, 0.15) is 24.4 Å². The number of benzene rings is 2. The average molecular weight is 374 g/mol. The van der Waals surface area contributed by atoms with Crippen LogP contribution >= 0.6 is 0 Å². The molecule has 0 aromatic heterocycles. The summed E-state index contributed by atoms with van der Waals surface area (Å²) in [6, 6.07) is 19.4. The molecule has 27 heavy (non-hydrogen) atoms. The molecule has 3 rings (SSSR count). The molecular formula is C21H26O6. The van der Waals surface area contributed by atoms with Gasteiger partial charge in [0.2, 0.25) is 0 Å². The van der Waals surface area contributed by atoms with Crippen LogP contribution in [0.1, 0.15) is 11.1 Å². The Kier molecular flexibility index (Phi) is 7.34. The van der Waals surface area contributed by atoms with Crippen molar-refractivity contribution in [3.63, 3.8) is 0 Å². The normalized spacial score (nSPS) is 28.2. The zero-order chi connectivity index (χ0) is 19.1. The molecule has 0 saturated carbocycles. The van der Waals surface area contributed by atoms with E-state index in [9.17, 15) is 10.2 Å². The molecule has 2 aromatic carbocycles. The fourth-order valence-electron chi connectivity index (χ4n) is 3.15. The van der Waals surface area contributed by atoms with Gasteiger partial charge in [0.05, 0.1) is 19.8 Å². The van der Waals surface area contributed by atoms with Gasteiger partial charge in [-0.3, -0.25) is 0 Å². The van der Waals surface area contributed by atoms with Crippen LogP contribution in [0.3, 0.4) is 0 Å². The summed E-state index contributed by atoms with van der Waals surface area (Å²) in [7, 11) is 1.53. The number of hydrogen-bond acceptors (Lipinski definition) is 6. The van der Waals surface area contributed by atoms with Crippen LogP contribution in [0.5, 0.6) is 0 Å². The lowest BCUT2D eigenvalue weighted by molar-refractivity contribution is -0.302. The molecule has 6 heteroatoms. The Labute approximate surface area is 159 Å². The number of rotatable bonds is 8. The summed E-state index contributed by atoms with van der Waals surface area (Å²) in [5.41, 5.74) is 2.01. The SMILES string of the molecule is CO[C@H]1[C@H](OCc2ccccc2)[C@@H](O)[C@@H](O)O[C@@H]1COCc1ccccc1. The maximum absolute atomic E-state index is 10.3. The smallest absolute Gasteiger partial charge is 0.184 e. The van der Waals surface area contributed by atoms with Crippen molar-refractivity contribution in [1.29, 1.82) is 0 Å². The quantitative estimate of drug-likeness (QED) is 0.735. The van der Waals surface area contributed by atoms with Crippen molar-refractivity contribution in [3.8, 4) is 0 Å². The summed E-state index contributed by atoms with van der Waals surface area (Å²) in [6.07, 6.45) is -4.42. The topological polar surface area (TPSA) is 77.4 Å². The fraction of sp³-hybridized carbons (Fsp3) is 0.429. The maximum atomic E-state index is 10.3. The Hall–Kier alpha value is -1.80. The van der Waals surface area contributed by atoms with E-state index in [0.717, 1.165) is 11.1 Å². The van der Waals surface area contributed by atoms with Gasteiger partial charge in [0.15, 0.2) is 6.29 Å². The highest BCUT2D eigenvalue weighted by Crippen LogP contribution is 2.26. The molecule has 0 unspecified atom stereocenters. The first kappa shape index (κ1) is 19.9. The zero-order valence-electron chi connectivity index (χ0n) is 15.3. The summed E-state index contributed by atoms with van der Waals surface area (Å²) in [6.45, 7) is 0.931. The molecule has 5 atom stereocenters. The van der Waals surface area contributed by atoms with E-state index in [1.807, 2.05) is 60.7 Å². The van der Waals surface area contributed by atoms with Crippen molar-refractivity contribution in [2.24, 2.45) is 0 Å². The van der Waals surface area contributed by atoms with E-state index in [1.54, 1.807) is 0 Å². The molecule has 0 aliphatic carbocycles. The third-order valence-corrected chi connectivity index (χ3v) is 4.58. The maximum Gasteiger partial charge on any atom is 0.184 e. The van der Waals surface area contributed by atoms with Gasteiger partial charge < -0.3 is 29.2 Å². The molecule has 0 radical (unpaired) electrons. The molecular weight excluding hydrogens is 348 g/mol. The second-order valence-corrected chi connectivity index (χ2v) is 6.52. The third-order valence-electron chi connectivity index (χ3n) is 4.58. The second kappa shape index (κ2) is 9.94. The van der Waals surface area contributed by atoms with Crippen molar-refractivity contribution < 1.29 is 29.2 Å².